The standard InChI is InChI=1S/C23H21FN4/c24-20-3-1-17(2-4-20)22-23(18-7-12-26-13-8-18)28-14-9-19(15-21(28)27-22)16-5-10-25-11-6-16/h1-4,7-9,12-16,25H,5-6,10-11H2. The van der Waals surface area contributed by atoms with E-state index in [2.05, 4.69) is 33.0 Å². The van der Waals surface area contributed by atoms with Gasteiger partial charge in [0.15, 0.2) is 0 Å². The fourth-order valence-electron chi connectivity index (χ4n) is 4.06. The molecule has 1 fully saturated rings. The minimum atomic E-state index is -0.244. The van der Waals surface area contributed by atoms with Crippen LogP contribution in [0.4, 0.5) is 4.39 Å². The summed E-state index contributed by atoms with van der Waals surface area (Å²) in [6.45, 7) is 2.13. The highest BCUT2D eigenvalue weighted by Crippen LogP contribution is 2.34. The molecule has 0 aliphatic carbocycles. The molecular weight excluding hydrogens is 351 g/mol. The van der Waals surface area contributed by atoms with Crippen LogP contribution in [0.3, 0.4) is 0 Å². The molecule has 0 amide bonds. The van der Waals surface area contributed by atoms with Crippen LogP contribution in [0.15, 0.2) is 67.1 Å². The van der Waals surface area contributed by atoms with Crippen molar-refractivity contribution in [2.75, 3.05) is 13.1 Å². The van der Waals surface area contributed by atoms with E-state index in [1.165, 1.54) is 17.7 Å². The van der Waals surface area contributed by atoms with Crippen molar-refractivity contribution < 1.29 is 4.39 Å². The summed E-state index contributed by atoms with van der Waals surface area (Å²) in [4.78, 5) is 9.09. The van der Waals surface area contributed by atoms with Crippen LogP contribution in [0.2, 0.25) is 0 Å². The number of fused-ring (bicyclic) bond motifs is 1. The predicted molar refractivity (Wildman–Crippen MR) is 109 cm³/mol. The Morgan fingerprint density at radius 1 is 0.929 bits per heavy atom. The Labute approximate surface area is 163 Å². The molecule has 5 heteroatoms. The van der Waals surface area contributed by atoms with Crippen molar-refractivity contribution in [3.05, 3.63) is 78.5 Å². The van der Waals surface area contributed by atoms with Gasteiger partial charge in [0.05, 0.1) is 11.4 Å². The third-order valence-electron chi connectivity index (χ3n) is 5.53. The van der Waals surface area contributed by atoms with Gasteiger partial charge in [-0.15, -0.1) is 0 Å². The van der Waals surface area contributed by atoms with Crippen LogP contribution in [0.1, 0.15) is 24.3 Å². The molecule has 1 aliphatic rings. The van der Waals surface area contributed by atoms with Crippen LogP contribution < -0.4 is 5.32 Å². The van der Waals surface area contributed by atoms with Gasteiger partial charge in [-0.1, -0.05) is 0 Å². The molecule has 0 saturated carbocycles. The van der Waals surface area contributed by atoms with Gasteiger partial charge in [0.25, 0.3) is 0 Å². The maximum Gasteiger partial charge on any atom is 0.138 e. The van der Waals surface area contributed by atoms with E-state index in [0.29, 0.717) is 5.92 Å². The zero-order valence-corrected chi connectivity index (χ0v) is 15.5. The first-order chi connectivity index (χ1) is 13.8. The Bertz CT molecular complexity index is 1100. The monoisotopic (exact) mass is 372 g/mol. The predicted octanol–water partition coefficient (Wildman–Crippen LogP) is 4.67. The summed E-state index contributed by atoms with van der Waals surface area (Å²) < 4.78 is 15.6. The van der Waals surface area contributed by atoms with E-state index in [-0.39, 0.29) is 5.82 Å². The smallest absolute Gasteiger partial charge is 0.138 e. The third-order valence-corrected chi connectivity index (χ3v) is 5.53. The Balaban J connectivity index is 1.69. The first-order valence-electron chi connectivity index (χ1n) is 9.69. The van der Waals surface area contributed by atoms with Gasteiger partial charge in [-0.05, 0) is 85.9 Å². The normalized spacial score (nSPS) is 15.2. The van der Waals surface area contributed by atoms with Crippen molar-refractivity contribution in [2.24, 2.45) is 0 Å². The number of benzene rings is 1. The van der Waals surface area contributed by atoms with E-state index in [0.717, 1.165) is 54.1 Å². The zero-order valence-electron chi connectivity index (χ0n) is 15.5. The number of imidazole rings is 1. The molecule has 0 unspecified atom stereocenters. The molecule has 5 rings (SSSR count). The number of nitrogens with zero attached hydrogens (tertiary/aromatic N) is 3. The van der Waals surface area contributed by atoms with Gasteiger partial charge in [0.1, 0.15) is 11.5 Å². The number of nitrogens with one attached hydrogen (secondary N) is 1. The van der Waals surface area contributed by atoms with Crippen LogP contribution in [-0.2, 0) is 0 Å². The molecule has 4 heterocycles. The van der Waals surface area contributed by atoms with Crippen molar-refractivity contribution in [3.63, 3.8) is 0 Å². The quantitative estimate of drug-likeness (QED) is 0.568. The van der Waals surface area contributed by atoms with E-state index in [1.54, 1.807) is 24.5 Å². The first kappa shape index (κ1) is 17.1. The molecule has 4 nitrogen and oxygen atoms in total. The second kappa shape index (κ2) is 7.17. The van der Waals surface area contributed by atoms with Gasteiger partial charge in [-0.25, -0.2) is 9.37 Å². The summed E-state index contributed by atoms with van der Waals surface area (Å²) in [5.41, 5.74) is 6.06. The molecule has 28 heavy (non-hydrogen) atoms. The van der Waals surface area contributed by atoms with E-state index in [9.17, 15) is 4.39 Å². The second-order valence-corrected chi connectivity index (χ2v) is 7.26. The molecule has 1 saturated heterocycles. The molecule has 0 spiro atoms. The van der Waals surface area contributed by atoms with Crippen LogP contribution in [0, 0.1) is 5.82 Å². The molecule has 0 bridgehead atoms. The number of hydrogen-bond acceptors (Lipinski definition) is 3. The molecular formula is C23H21FN4. The topological polar surface area (TPSA) is 42.2 Å². The van der Waals surface area contributed by atoms with Gasteiger partial charge < -0.3 is 5.32 Å². The third kappa shape index (κ3) is 3.08. The fourth-order valence-corrected chi connectivity index (χ4v) is 4.06. The Hall–Kier alpha value is -3.05. The molecule has 1 aliphatic heterocycles. The fraction of sp³-hybridized carbons (Fsp3) is 0.217. The van der Waals surface area contributed by atoms with Gasteiger partial charge in [-0.2, -0.15) is 0 Å². The summed E-state index contributed by atoms with van der Waals surface area (Å²) in [5.74, 6) is 0.327. The number of pyridine rings is 2. The molecule has 0 atom stereocenters. The highest BCUT2D eigenvalue weighted by molar-refractivity contribution is 5.82. The molecule has 4 aromatic rings. The maximum absolute atomic E-state index is 13.5. The van der Waals surface area contributed by atoms with Crippen molar-refractivity contribution in [3.8, 4) is 22.5 Å². The number of aromatic nitrogens is 3. The summed E-state index contributed by atoms with van der Waals surface area (Å²) in [6.07, 6.45) is 7.99. The largest absolute Gasteiger partial charge is 0.317 e. The van der Waals surface area contributed by atoms with Gasteiger partial charge in [0.2, 0.25) is 0 Å². The number of piperidine rings is 1. The van der Waals surface area contributed by atoms with Gasteiger partial charge in [-0.3, -0.25) is 9.38 Å². The lowest BCUT2D eigenvalue weighted by Gasteiger charge is -2.23. The van der Waals surface area contributed by atoms with Crippen molar-refractivity contribution in [1.29, 1.82) is 0 Å². The van der Waals surface area contributed by atoms with E-state index in [1.807, 2.05) is 12.1 Å². The zero-order chi connectivity index (χ0) is 18.9. The van der Waals surface area contributed by atoms with Crippen LogP contribution >= 0.6 is 0 Å². The number of hydrogen-bond donors (Lipinski definition) is 1. The average Bonchev–Trinajstić information content (AvgIpc) is 3.14. The summed E-state index contributed by atoms with van der Waals surface area (Å²) in [7, 11) is 0. The molecule has 0 radical (unpaired) electrons. The lowest BCUT2D eigenvalue weighted by Crippen LogP contribution is -2.26. The average molecular weight is 372 g/mol. The Morgan fingerprint density at radius 3 is 2.43 bits per heavy atom. The van der Waals surface area contributed by atoms with E-state index >= 15 is 0 Å². The second-order valence-electron chi connectivity index (χ2n) is 7.26. The van der Waals surface area contributed by atoms with E-state index in [4.69, 9.17) is 4.98 Å². The summed E-state index contributed by atoms with van der Waals surface area (Å²) in [6, 6.07) is 14.9. The highest BCUT2D eigenvalue weighted by atomic mass is 19.1. The lowest BCUT2D eigenvalue weighted by molar-refractivity contribution is 0.460. The van der Waals surface area contributed by atoms with Gasteiger partial charge in [0, 0.05) is 29.7 Å². The minimum absolute atomic E-state index is 0.244. The van der Waals surface area contributed by atoms with Crippen LogP contribution in [-0.4, -0.2) is 27.5 Å². The van der Waals surface area contributed by atoms with Crippen LogP contribution in [0.5, 0.6) is 0 Å². The van der Waals surface area contributed by atoms with E-state index < -0.39 is 0 Å². The van der Waals surface area contributed by atoms with Crippen molar-refractivity contribution in [2.45, 2.75) is 18.8 Å². The number of rotatable bonds is 3. The Kier molecular flexibility index (Phi) is 4.37. The molecule has 1 aromatic carbocycles. The minimum Gasteiger partial charge on any atom is -0.317 e. The molecule has 1 N–H and O–H groups in total. The number of halogens is 1. The van der Waals surface area contributed by atoms with Crippen molar-refractivity contribution in [1.82, 2.24) is 19.7 Å². The van der Waals surface area contributed by atoms with Crippen molar-refractivity contribution >= 4 is 5.65 Å². The lowest BCUT2D eigenvalue weighted by atomic mass is 9.91. The highest BCUT2D eigenvalue weighted by Gasteiger charge is 2.19. The summed E-state index contributed by atoms with van der Waals surface area (Å²) >= 11 is 0. The first-order valence-corrected chi connectivity index (χ1v) is 9.69. The van der Waals surface area contributed by atoms with Gasteiger partial charge >= 0.3 is 0 Å². The molecule has 3 aromatic heterocycles. The Morgan fingerprint density at radius 2 is 1.68 bits per heavy atom. The maximum atomic E-state index is 13.5. The molecule has 140 valence electrons. The van der Waals surface area contributed by atoms with Crippen LogP contribution in [0.25, 0.3) is 28.2 Å². The SMILES string of the molecule is Fc1ccc(-c2nc3cc(C4CCNCC4)ccn3c2-c2ccncc2)cc1. The summed E-state index contributed by atoms with van der Waals surface area (Å²) in [5, 5.41) is 3.43.